The number of sulfonamides is 1. The fourth-order valence-corrected chi connectivity index (χ4v) is 3.57. The molecule has 0 aliphatic carbocycles. The van der Waals surface area contributed by atoms with Gasteiger partial charge in [-0.2, -0.15) is 0 Å². The van der Waals surface area contributed by atoms with Crippen LogP contribution in [0.5, 0.6) is 0 Å². The van der Waals surface area contributed by atoms with E-state index in [0.717, 1.165) is 40.1 Å². The van der Waals surface area contributed by atoms with Crippen LogP contribution in [0.1, 0.15) is 16.9 Å². The zero-order valence-corrected chi connectivity index (χ0v) is 14.9. The van der Waals surface area contributed by atoms with Crippen molar-refractivity contribution < 1.29 is 12.8 Å². The minimum absolute atomic E-state index is 0.572. The van der Waals surface area contributed by atoms with Crippen LogP contribution in [0.2, 0.25) is 5.02 Å². The summed E-state index contributed by atoms with van der Waals surface area (Å²) in [7, 11) is 1.60. The van der Waals surface area contributed by atoms with Gasteiger partial charge in [-0.15, -0.1) is 0 Å². The Morgan fingerprint density at radius 2 is 2.04 bits per heavy atom. The Balaban J connectivity index is 2.17. The van der Waals surface area contributed by atoms with Crippen molar-refractivity contribution >= 4 is 38.7 Å². The molecule has 124 valence electrons. The maximum absolute atomic E-state index is 12.0. The molecule has 0 saturated heterocycles. The number of likely N-dealkylation sites (N-methyl/N-ethyl adjacent to an activating group) is 1. The fraction of sp³-hybridized carbons (Fsp3) is 0.375. The Bertz CT molecular complexity index is 884. The van der Waals surface area contributed by atoms with Crippen molar-refractivity contribution in [2.75, 3.05) is 27.7 Å². The van der Waals surface area contributed by atoms with Gasteiger partial charge in [0.1, 0.15) is 11.3 Å². The topological polar surface area (TPSA) is 53.8 Å². The SMILES string of the molecule is CN1CCc2c(Cl)ccc3oc(/C=C/S(=O)(=O)N(C)C)c(c23)C1. The standard InChI is InChI=1S/C16H19ClN2O3S/c1-18(2)23(20,21)9-7-14-12-10-19(3)8-6-11-13(17)4-5-15(22-14)16(11)12/h4-5,7,9H,6,8,10H2,1-3H3/b9-7+. The third-order valence-electron chi connectivity index (χ3n) is 4.11. The van der Waals surface area contributed by atoms with Crippen molar-refractivity contribution in [3.8, 4) is 0 Å². The van der Waals surface area contributed by atoms with Gasteiger partial charge in [0, 0.05) is 48.6 Å². The average Bonchev–Trinajstić information content (AvgIpc) is 2.71. The summed E-state index contributed by atoms with van der Waals surface area (Å²) in [5, 5.41) is 2.92. The Morgan fingerprint density at radius 1 is 1.30 bits per heavy atom. The number of furan rings is 1. The van der Waals surface area contributed by atoms with Gasteiger partial charge in [0.15, 0.2) is 0 Å². The third-order valence-corrected chi connectivity index (χ3v) is 5.96. The summed E-state index contributed by atoms with van der Waals surface area (Å²) in [6.07, 6.45) is 2.37. The second kappa shape index (κ2) is 5.94. The highest BCUT2D eigenvalue weighted by molar-refractivity contribution is 7.92. The van der Waals surface area contributed by atoms with E-state index in [1.807, 2.05) is 19.2 Å². The first-order valence-corrected chi connectivity index (χ1v) is 9.19. The van der Waals surface area contributed by atoms with Crippen LogP contribution in [0.4, 0.5) is 0 Å². The van der Waals surface area contributed by atoms with Crippen LogP contribution in [0.3, 0.4) is 0 Å². The van der Waals surface area contributed by atoms with E-state index in [0.29, 0.717) is 12.3 Å². The maximum atomic E-state index is 12.0. The number of rotatable bonds is 3. The van der Waals surface area contributed by atoms with E-state index >= 15 is 0 Å². The van der Waals surface area contributed by atoms with Gasteiger partial charge in [-0.1, -0.05) is 11.6 Å². The largest absolute Gasteiger partial charge is 0.456 e. The van der Waals surface area contributed by atoms with E-state index in [1.165, 1.54) is 29.9 Å². The van der Waals surface area contributed by atoms with Crippen molar-refractivity contribution in [1.29, 1.82) is 0 Å². The number of halogens is 1. The van der Waals surface area contributed by atoms with Crippen LogP contribution >= 0.6 is 11.6 Å². The molecule has 0 fully saturated rings. The molecule has 7 heteroatoms. The van der Waals surface area contributed by atoms with Gasteiger partial charge in [0.2, 0.25) is 10.0 Å². The van der Waals surface area contributed by atoms with Crippen molar-refractivity contribution in [2.45, 2.75) is 13.0 Å². The van der Waals surface area contributed by atoms with E-state index in [-0.39, 0.29) is 0 Å². The number of nitrogens with zero attached hydrogens (tertiary/aromatic N) is 2. The van der Waals surface area contributed by atoms with Gasteiger partial charge in [-0.3, -0.25) is 0 Å². The average molecular weight is 355 g/mol. The summed E-state index contributed by atoms with van der Waals surface area (Å²) in [6.45, 7) is 1.59. The Hall–Kier alpha value is -1.34. The molecule has 2 heterocycles. The highest BCUT2D eigenvalue weighted by Gasteiger charge is 2.22. The predicted octanol–water partition coefficient (Wildman–Crippen LogP) is 2.94. The summed E-state index contributed by atoms with van der Waals surface area (Å²) in [5.74, 6) is 0.572. The van der Waals surface area contributed by atoms with Crippen LogP contribution in [0.25, 0.3) is 17.0 Å². The molecule has 0 bridgehead atoms. The van der Waals surface area contributed by atoms with E-state index < -0.39 is 10.0 Å². The van der Waals surface area contributed by atoms with Crippen LogP contribution < -0.4 is 0 Å². The van der Waals surface area contributed by atoms with Crippen molar-refractivity contribution in [2.24, 2.45) is 0 Å². The van der Waals surface area contributed by atoms with Crippen LogP contribution in [0, 0.1) is 0 Å². The van der Waals surface area contributed by atoms with E-state index in [2.05, 4.69) is 4.90 Å². The summed E-state index contributed by atoms with van der Waals surface area (Å²) >= 11 is 6.35. The lowest BCUT2D eigenvalue weighted by atomic mass is 10.0. The molecule has 0 unspecified atom stereocenters. The third kappa shape index (κ3) is 3.04. The van der Waals surface area contributed by atoms with Gasteiger partial charge in [-0.05, 0) is 37.2 Å². The Labute approximate surface area is 141 Å². The van der Waals surface area contributed by atoms with Crippen LogP contribution in [-0.4, -0.2) is 45.3 Å². The predicted molar refractivity (Wildman–Crippen MR) is 92.9 cm³/mol. The molecule has 0 saturated carbocycles. The van der Waals surface area contributed by atoms with E-state index in [1.54, 1.807) is 0 Å². The smallest absolute Gasteiger partial charge is 0.235 e. The first kappa shape index (κ1) is 16.5. The molecule has 0 N–H and O–H groups in total. The van der Waals surface area contributed by atoms with Gasteiger partial charge in [0.25, 0.3) is 0 Å². The highest BCUT2D eigenvalue weighted by atomic mass is 35.5. The number of hydrogen-bond acceptors (Lipinski definition) is 4. The lowest BCUT2D eigenvalue weighted by molar-refractivity contribution is 0.334. The first-order chi connectivity index (χ1) is 10.8. The summed E-state index contributed by atoms with van der Waals surface area (Å²) in [5.41, 5.74) is 2.81. The second-order valence-electron chi connectivity index (χ2n) is 5.96. The second-order valence-corrected chi connectivity index (χ2v) is 8.40. The van der Waals surface area contributed by atoms with Crippen LogP contribution in [-0.2, 0) is 23.0 Å². The molecular formula is C16H19ClN2O3S. The van der Waals surface area contributed by atoms with Crippen molar-refractivity contribution in [3.63, 3.8) is 0 Å². The van der Waals surface area contributed by atoms with Crippen molar-refractivity contribution in [3.05, 3.63) is 39.5 Å². The molecular weight excluding hydrogens is 336 g/mol. The Morgan fingerprint density at radius 3 is 2.74 bits per heavy atom. The van der Waals surface area contributed by atoms with E-state index in [9.17, 15) is 8.42 Å². The minimum atomic E-state index is -3.43. The molecule has 3 rings (SSSR count). The molecule has 0 radical (unpaired) electrons. The molecule has 0 atom stereocenters. The molecule has 1 aliphatic heterocycles. The molecule has 1 aliphatic rings. The molecule has 2 aromatic rings. The zero-order chi connectivity index (χ0) is 16.8. The summed E-state index contributed by atoms with van der Waals surface area (Å²) < 4.78 is 31.0. The fourth-order valence-electron chi connectivity index (χ4n) is 2.78. The number of benzene rings is 1. The quantitative estimate of drug-likeness (QED) is 0.850. The normalized spacial score (nSPS) is 16.6. The lowest BCUT2D eigenvalue weighted by Crippen LogP contribution is -2.19. The molecule has 1 aromatic heterocycles. The van der Waals surface area contributed by atoms with Gasteiger partial charge in [0.05, 0.1) is 0 Å². The van der Waals surface area contributed by atoms with Crippen molar-refractivity contribution in [1.82, 2.24) is 9.21 Å². The lowest BCUT2D eigenvalue weighted by Gasteiger charge is -2.13. The molecule has 5 nitrogen and oxygen atoms in total. The monoisotopic (exact) mass is 354 g/mol. The first-order valence-electron chi connectivity index (χ1n) is 7.31. The maximum Gasteiger partial charge on any atom is 0.235 e. The van der Waals surface area contributed by atoms with E-state index in [4.69, 9.17) is 16.0 Å². The highest BCUT2D eigenvalue weighted by Crippen LogP contribution is 2.36. The molecule has 23 heavy (non-hydrogen) atoms. The van der Waals surface area contributed by atoms with Gasteiger partial charge in [-0.25, -0.2) is 12.7 Å². The zero-order valence-electron chi connectivity index (χ0n) is 13.3. The van der Waals surface area contributed by atoms with Gasteiger partial charge >= 0.3 is 0 Å². The number of hydrogen-bond donors (Lipinski definition) is 0. The van der Waals surface area contributed by atoms with Gasteiger partial charge < -0.3 is 9.32 Å². The summed E-state index contributed by atoms with van der Waals surface area (Å²) in [6, 6.07) is 3.68. The summed E-state index contributed by atoms with van der Waals surface area (Å²) in [4.78, 5) is 2.18. The minimum Gasteiger partial charge on any atom is -0.456 e. The molecule has 0 amide bonds. The van der Waals surface area contributed by atoms with Crippen LogP contribution in [0.15, 0.2) is 22.0 Å². The molecule has 1 aromatic carbocycles. The molecule has 0 spiro atoms. The Kier molecular flexibility index (Phi) is 4.27.